The molecule has 0 spiro atoms. The summed E-state index contributed by atoms with van der Waals surface area (Å²) in [4.78, 5) is 42.1. The largest absolute Gasteiger partial charge is 0.468 e. The van der Waals surface area contributed by atoms with Gasteiger partial charge in [-0.05, 0) is 40.5 Å². The van der Waals surface area contributed by atoms with Gasteiger partial charge in [0.1, 0.15) is 12.4 Å². The fourth-order valence-electron chi connectivity index (χ4n) is 5.54. The lowest BCUT2D eigenvalue weighted by molar-refractivity contribution is -0.180. The van der Waals surface area contributed by atoms with E-state index in [0.717, 1.165) is 45.7 Å². The first-order valence-corrected chi connectivity index (χ1v) is 14.6. The zero-order valence-corrected chi connectivity index (χ0v) is 24.1. The molecule has 0 unspecified atom stereocenters. The van der Waals surface area contributed by atoms with Crippen molar-refractivity contribution in [2.24, 2.45) is 11.8 Å². The molecule has 3 N–H and O–H groups in total. The Bertz CT molecular complexity index is 1640. The Morgan fingerprint density at radius 3 is 2.43 bits per heavy atom. The van der Waals surface area contributed by atoms with Crippen molar-refractivity contribution in [3.8, 4) is 5.75 Å². The van der Waals surface area contributed by atoms with Crippen LogP contribution >= 0.6 is 0 Å². The number of hydrogen-bond acceptors (Lipinski definition) is 8. The lowest BCUT2D eigenvalue weighted by Gasteiger charge is -2.43. The molecule has 2 amide bonds. The fourth-order valence-corrected chi connectivity index (χ4v) is 5.54. The average molecular weight is 595 g/mol. The Morgan fingerprint density at radius 2 is 1.64 bits per heavy atom. The third-order valence-electron chi connectivity index (χ3n) is 7.94. The molecule has 4 aromatic rings. The number of nitrogens with one attached hydrogen (secondary N) is 1. The van der Waals surface area contributed by atoms with Gasteiger partial charge in [0.05, 0.1) is 19.3 Å². The number of Topliss-reactive ketones (excluding diaryl/α,β-unsaturated/α-hetero) is 1. The molecule has 226 valence electrons. The fraction of sp³-hybridized carbons (Fsp3) is 0.265. The molecule has 6 rings (SSSR count). The molecule has 2 saturated heterocycles. The molecular weight excluding hydrogens is 560 g/mol. The number of carbonyl (C=O) groups is 3. The molecule has 0 aromatic heterocycles. The van der Waals surface area contributed by atoms with Gasteiger partial charge in [-0.25, -0.2) is 15.6 Å². The maximum Gasteiger partial charge on any atom is 0.408 e. The van der Waals surface area contributed by atoms with Crippen LogP contribution in [0.4, 0.5) is 10.5 Å². The van der Waals surface area contributed by atoms with E-state index in [1.807, 2.05) is 91.0 Å². The van der Waals surface area contributed by atoms with Crippen molar-refractivity contribution >= 4 is 34.2 Å². The minimum Gasteiger partial charge on any atom is -0.468 e. The van der Waals surface area contributed by atoms with Crippen LogP contribution in [0.3, 0.4) is 0 Å². The van der Waals surface area contributed by atoms with Gasteiger partial charge in [-0.1, -0.05) is 78.9 Å². The summed E-state index contributed by atoms with van der Waals surface area (Å²) in [5.41, 5.74) is 2.57. The second-order valence-corrected chi connectivity index (χ2v) is 10.9. The molecular formula is C34H34N4O6. The first-order chi connectivity index (χ1) is 21.5. The summed E-state index contributed by atoms with van der Waals surface area (Å²) in [5.74, 6) is 4.21. The lowest BCUT2D eigenvalue weighted by Crippen LogP contribution is -2.70. The topological polar surface area (TPSA) is 123 Å². The molecule has 10 heteroatoms. The molecule has 2 fully saturated rings. The Hall–Kier alpha value is -4.93. The minimum absolute atomic E-state index is 0.0354. The predicted octanol–water partition coefficient (Wildman–Crippen LogP) is 3.82. The van der Waals surface area contributed by atoms with Gasteiger partial charge in [-0.15, -0.1) is 0 Å². The van der Waals surface area contributed by atoms with Gasteiger partial charge < -0.3 is 24.4 Å². The van der Waals surface area contributed by atoms with Crippen LogP contribution in [-0.2, 0) is 32.1 Å². The van der Waals surface area contributed by atoms with Crippen molar-refractivity contribution in [2.45, 2.75) is 25.3 Å². The molecule has 2 heterocycles. The second-order valence-electron chi connectivity index (χ2n) is 10.9. The predicted molar refractivity (Wildman–Crippen MR) is 165 cm³/mol. The van der Waals surface area contributed by atoms with E-state index in [4.69, 9.17) is 20.1 Å². The van der Waals surface area contributed by atoms with Crippen molar-refractivity contribution in [3.63, 3.8) is 0 Å². The smallest absolute Gasteiger partial charge is 0.408 e. The van der Waals surface area contributed by atoms with Crippen LogP contribution in [0.25, 0.3) is 10.8 Å². The van der Waals surface area contributed by atoms with E-state index in [9.17, 15) is 14.4 Å². The molecule has 2 aliphatic rings. The quantitative estimate of drug-likeness (QED) is 0.123. The highest BCUT2D eigenvalue weighted by Crippen LogP contribution is 2.31. The van der Waals surface area contributed by atoms with Crippen LogP contribution < -0.4 is 20.8 Å². The third kappa shape index (κ3) is 6.51. The summed E-state index contributed by atoms with van der Waals surface area (Å²) < 4.78 is 17.0. The SMILES string of the molecule is NN1C(=O)[C@H](C(=O)[C@H](Cc2ccc3ccccc3c2)NC(=O)OCc2ccccc2)[C@H]1Oc1cccc(N2CCOCC2)c1. The van der Waals surface area contributed by atoms with Gasteiger partial charge in [-0.3, -0.25) is 9.59 Å². The van der Waals surface area contributed by atoms with Crippen LogP contribution in [0, 0.1) is 5.92 Å². The van der Waals surface area contributed by atoms with Crippen molar-refractivity contribution in [1.82, 2.24) is 10.3 Å². The number of nitrogens with two attached hydrogens (primary N) is 1. The summed E-state index contributed by atoms with van der Waals surface area (Å²) in [5, 5.41) is 5.68. The highest BCUT2D eigenvalue weighted by Gasteiger charge is 2.54. The summed E-state index contributed by atoms with van der Waals surface area (Å²) >= 11 is 0. The zero-order valence-electron chi connectivity index (χ0n) is 24.1. The summed E-state index contributed by atoms with van der Waals surface area (Å²) in [7, 11) is 0. The Balaban J connectivity index is 1.20. The lowest BCUT2D eigenvalue weighted by atomic mass is 9.86. The Kier molecular flexibility index (Phi) is 8.71. The molecule has 0 saturated carbocycles. The average Bonchev–Trinajstić information content (AvgIpc) is 3.07. The molecule has 4 aromatic carbocycles. The maximum absolute atomic E-state index is 14.0. The number of morpholine rings is 1. The summed E-state index contributed by atoms with van der Waals surface area (Å²) in [6.07, 6.45) is -1.64. The van der Waals surface area contributed by atoms with Gasteiger partial charge in [0.25, 0.3) is 5.91 Å². The summed E-state index contributed by atoms with van der Waals surface area (Å²) in [6.45, 7) is 2.80. The van der Waals surface area contributed by atoms with Crippen molar-refractivity contribution in [2.75, 3.05) is 31.2 Å². The van der Waals surface area contributed by atoms with Gasteiger partial charge in [-0.2, -0.15) is 0 Å². The van der Waals surface area contributed by atoms with Gasteiger partial charge in [0.15, 0.2) is 11.7 Å². The highest BCUT2D eigenvalue weighted by atomic mass is 16.5. The summed E-state index contributed by atoms with van der Waals surface area (Å²) in [6, 6.07) is 29.3. The van der Waals surface area contributed by atoms with Gasteiger partial charge in [0, 0.05) is 24.8 Å². The molecule has 2 aliphatic heterocycles. The number of rotatable bonds is 10. The van der Waals surface area contributed by atoms with Crippen molar-refractivity contribution in [1.29, 1.82) is 0 Å². The molecule has 0 bridgehead atoms. The number of amides is 2. The minimum atomic E-state index is -1.20. The van der Waals surface area contributed by atoms with E-state index >= 15 is 0 Å². The van der Waals surface area contributed by atoms with Crippen molar-refractivity contribution < 1.29 is 28.6 Å². The zero-order chi connectivity index (χ0) is 30.5. The number of ether oxygens (including phenoxy) is 3. The van der Waals surface area contributed by atoms with Gasteiger partial charge in [0.2, 0.25) is 6.23 Å². The number of nitrogens with zero attached hydrogens (tertiary/aromatic N) is 2. The number of anilines is 1. The van der Waals surface area contributed by atoms with E-state index < -0.39 is 36.0 Å². The van der Waals surface area contributed by atoms with Gasteiger partial charge >= 0.3 is 6.09 Å². The number of ketones is 1. The van der Waals surface area contributed by atoms with E-state index in [0.29, 0.717) is 19.0 Å². The number of alkyl carbamates (subject to hydrolysis) is 1. The normalized spacial score (nSPS) is 18.8. The molecule has 10 nitrogen and oxygen atoms in total. The van der Waals surface area contributed by atoms with Crippen LogP contribution in [0.2, 0.25) is 0 Å². The van der Waals surface area contributed by atoms with E-state index in [1.165, 1.54) is 0 Å². The standard InChI is InChI=1S/C34H34N4O6/c35-38-32(40)30(33(38)44-28-12-6-11-27(21-28)37-15-17-42-18-16-37)31(39)29(36-34(41)43-22-23-7-2-1-3-8-23)20-24-13-14-25-9-4-5-10-26(25)19-24/h1-14,19,21,29-30,33H,15-18,20,22,35H2,(H,36,41)/t29-,30-,33+/m0/s1. The number of carbonyl (C=O) groups excluding carboxylic acids is 3. The second kappa shape index (κ2) is 13.2. The Labute approximate surface area is 255 Å². The first kappa shape index (κ1) is 29.2. The number of hydrogen-bond donors (Lipinski definition) is 2. The molecule has 0 radical (unpaired) electrons. The van der Waals surface area contributed by atoms with Crippen LogP contribution in [0.5, 0.6) is 5.75 Å². The Morgan fingerprint density at radius 1 is 0.886 bits per heavy atom. The van der Waals surface area contributed by atoms with E-state index in [2.05, 4.69) is 10.2 Å². The molecule has 0 aliphatic carbocycles. The number of benzene rings is 4. The first-order valence-electron chi connectivity index (χ1n) is 14.6. The van der Waals surface area contributed by atoms with Crippen molar-refractivity contribution in [3.05, 3.63) is 108 Å². The third-order valence-corrected chi connectivity index (χ3v) is 7.94. The monoisotopic (exact) mass is 594 g/mol. The number of β-lactam (4-membered cyclic amide) rings is 1. The number of fused-ring (bicyclic) bond motifs is 1. The van der Waals surface area contributed by atoms with E-state index in [1.54, 1.807) is 6.07 Å². The van der Waals surface area contributed by atoms with Crippen LogP contribution in [-0.4, -0.2) is 61.4 Å². The maximum atomic E-state index is 14.0. The molecule has 3 atom stereocenters. The highest BCUT2D eigenvalue weighted by molar-refractivity contribution is 6.08. The number of hydrazine groups is 1. The van der Waals surface area contributed by atoms with E-state index in [-0.39, 0.29) is 13.0 Å². The molecule has 44 heavy (non-hydrogen) atoms. The van der Waals surface area contributed by atoms with Crippen LogP contribution in [0.15, 0.2) is 97.1 Å². The van der Waals surface area contributed by atoms with Crippen LogP contribution in [0.1, 0.15) is 11.1 Å².